The first-order valence-electron chi connectivity index (χ1n) is 6.00. The SMILES string of the molecule is CCCCC(NN)c1cc2c(s1)CCSC2. The van der Waals surface area contributed by atoms with Gasteiger partial charge in [0, 0.05) is 15.5 Å². The summed E-state index contributed by atoms with van der Waals surface area (Å²) in [5, 5.41) is 0. The molecule has 90 valence electrons. The van der Waals surface area contributed by atoms with Crippen LogP contribution in [0.4, 0.5) is 0 Å². The lowest BCUT2D eigenvalue weighted by Gasteiger charge is -2.13. The summed E-state index contributed by atoms with van der Waals surface area (Å²) in [5.74, 6) is 8.13. The van der Waals surface area contributed by atoms with Gasteiger partial charge in [-0.25, -0.2) is 0 Å². The van der Waals surface area contributed by atoms with Crippen LogP contribution in [0.2, 0.25) is 0 Å². The number of thiophene rings is 1. The maximum Gasteiger partial charge on any atom is 0.0553 e. The molecule has 2 heterocycles. The summed E-state index contributed by atoms with van der Waals surface area (Å²) in [6.45, 7) is 2.23. The summed E-state index contributed by atoms with van der Waals surface area (Å²) in [6.07, 6.45) is 4.88. The molecule has 0 bridgehead atoms. The van der Waals surface area contributed by atoms with E-state index in [4.69, 9.17) is 5.84 Å². The number of aryl methyl sites for hydroxylation is 1. The normalized spacial score (nSPS) is 17.1. The van der Waals surface area contributed by atoms with Gasteiger partial charge in [0.1, 0.15) is 0 Å². The average molecular weight is 256 g/mol. The minimum absolute atomic E-state index is 0.362. The molecule has 2 rings (SSSR count). The van der Waals surface area contributed by atoms with Crippen LogP contribution in [-0.2, 0) is 12.2 Å². The van der Waals surface area contributed by atoms with Crippen LogP contribution >= 0.6 is 23.1 Å². The maximum atomic E-state index is 5.65. The van der Waals surface area contributed by atoms with Crippen LogP contribution in [0.1, 0.15) is 47.5 Å². The number of thioether (sulfide) groups is 1. The number of nitrogens with two attached hydrogens (primary N) is 1. The van der Waals surface area contributed by atoms with E-state index < -0.39 is 0 Å². The number of unbranched alkanes of at least 4 members (excludes halogenated alkanes) is 1. The van der Waals surface area contributed by atoms with Crippen molar-refractivity contribution in [3.05, 3.63) is 21.4 Å². The fourth-order valence-electron chi connectivity index (χ4n) is 2.06. The molecule has 1 aromatic heterocycles. The highest BCUT2D eigenvalue weighted by Crippen LogP contribution is 2.35. The minimum atomic E-state index is 0.362. The molecule has 0 spiro atoms. The Hall–Kier alpha value is -0.0300. The molecule has 1 aromatic rings. The Morgan fingerprint density at radius 1 is 1.56 bits per heavy atom. The summed E-state index contributed by atoms with van der Waals surface area (Å²) >= 11 is 4.01. The standard InChI is InChI=1S/C12H20N2S2/c1-2-3-4-10(14-13)12-7-9-8-15-6-5-11(9)16-12/h7,10,14H,2-6,8,13H2,1H3. The highest BCUT2D eigenvalue weighted by Gasteiger charge is 2.18. The predicted molar refractivity (Wildman–Crippen MR) is 73.8 cm³/mol. The molecular formula is C12H20N2S2. The highest BCUT2D eigenvalue weighted by molar-refractivity contribution is 7.98. The predicted octanol–water partition coefficient (Wildman–Crippen LogP) is 3.23. The lowest BCUT2D eigenvalue weighted by molar-refractivity contribution is 0.502. The monoisotopic (exact) mass is 256 g/mol. The van der Waals surface area contributed by atoms with Crippen LogP contribution in [-0.4, -0.2) is 5.75 Å². The van der Waals surface area contributed by atoms with Crippen molar-refractivity contribution in [2.45, 2.75) is 44.4 Å². The molecule has 4 heteroatoms. The van der Waals surface area contributed by atoms with Crippen LogP contribution in [0.15, 0.2) is 6.07 Å². The zero-order valence-corrected chi connectivity index (χ0v) is 11.4. The van der Waals surface area contributed by atoms with Crippen molar-refractivity contribution in [1.82, 2.24) is 5.43 Å². The van der Waals surface area contributed by atoms with Gasteiger partial charge in [-0.05, 0) is 30.2 Å². The Balaban J connectivity index is 2.09. The van der Waals surface area contributed by atoms with Gasteiger partial charge in [-0.2, -0.15) is 11.8 Å². The molecule has 1 unspecified atom stereocenters. The van der Waals surface area contributed by atoms with Gasteiger partial charge in [-0.15, -0.1) is 11.3 Å². The van der Waals surface area contributed by atoms with E-state index in [2.05, 4.69) is 18.4 Å². The summed E-state index contributed by atoms with van der Waals surface area (Å²) in [5.41, 5.74) is 4.51. The molecular weight excluding hydrogens is 236 g/mol. The van der Waals surface area contributed by atoms with Gasteiger partial charge in [-0.3, -0.25) is 11.3 Å². The first kappa shape index (κ1) is 12.4. The van der Waals surface area contributed by atoms with Crippen LogP contribution in [0.25, 0.3) is 0 Å². The van der Waals surface area contributed by atoms with Gasteiger partial charge in [0.15, 0.2) is 0 Å². The first-order chi connectivity index (χ1) is 7.85. The van der Waals surface area contributed by atoms with E-state index in [1.54, 1.807) is 10.4 Å². The number of hydrazine groups is 1. The Bertz CT molecular complexity index is 312. The first-order valence-corrected chi connectivity index (χ1v) is 7.97. The van der Waals surface area contributed by atoms with Crippen molar-refractivity contribution in [1.29, 1.82) is 0 Å². The van der Waals surface area contributed by atoms with Gasteiger partial charge < -0.3 is 0 Å². The van der Waals surface area contributed by atoms with E-state index in [-0.39, 0.29) is 0 Å². The Kier molecular flexibility index (Phi) is 4.70. The zero-order valence-electron chi connectivity index (χ0n) is 9.79. The summed E-state index contributed by atoms with van der Waals surface area (Å²) in [7, 11) is 0. The number of fused-ring (bicyclic) bond motifs is 1. The van der Waals surface area contributed by atoms with Crippen LogP contribution in [0, 0.1) is 0 Å². The van der Waals surface area contributed by atoms with Crippen molar-refractivity contribution in [3.63, 3.8) is 0 Å². The van der Waals surface area contributed by atoms with E-state index in [9.17, 15) is 0 Å². The van der Waals surface area contributed by atoms with Crippen molar-refractivity contribution < 1.29 is 0 Å². The van der Waals surface area contributed by atoms with Crippen molar-refractivity contribution in [2.75, 3.05) is 5.75 Å². The molecule has 16 heavy (non-hydrogen) atoms. The van der Waals surface area contributed by atoms with E-state index in [0.29, 0.717) is 6.04 Å². The highest BCUT2D eigenvalue weighted by atomic mass is 32.2. The molecule has 3 N–H and O–H groups in total. The molecule has 0 fully saturated rings. The molecule has 0 amide bonds. The summed E-state index contributed by atoms with van der Waals surface area (Å²) in [4.78, 5) is 3.02. The molecule has 0 radical (unpaired) electrons. The quantitative estimate of drug-likeness (QED) is 0.627. The average Bonchev–Trinajstić information content (AvgIpc) is 2.73. The fraction of sp³-hybridized carbons (Fsp3) is 0.667. The molecule has 1 aliphatic rings. The lowest BCUT2D eigenvalue weighted by atomic mass is 10.1. The molecule has 1 aliphatic heterocycles. The molecule has 0 saturated heterocycles. The Morgan fingerprint density at radius 2 is 2.44 bits per heavy atom. The molecule has 0 aromatic carbocycles. The van der Waals surface area contributed by atoms with Crippen LogP contribution < -0.4 is 11.3 Å². The van der Waals surface area contributed by atoms with Gasteiger partial charge >= 0.3 is 0 Å². The summed E-state index contributed by atoms with van der Waals surface area (Å²) in [6, 6.07) is 2.73. The number of rotatable bonds is 5. The number of hydrogen-bond acceptors (Lipinski definition) is 4. The van der Waals surface area contributed by atoms with E-state index in [1.165, 1.54) is 35.6 Å². The second-order valence-corrected chi connectivity index (χ2v) is 6.53. The third kappa shape index (κ3) is 2.80. The molecule has 0 aliphatic carbocycles. The summed E-state index contributed by atoms with van der Waals surface area (Å²) < 4.78 is 0. The smallest absolute Gasteiger partial charge is 0.0553 e. The largest absolute Gasteiger partial charge is 0.271 e. The van der Waals surface area contributed by atoms with Crippen molar-refractivity contribution >= 4 is 23.1 Å². The van der Waals surface area contributed by atoms with Crippen molar-refractivity contribution in [3.8, 4) is 0 Å². The van der Waals surface area contributed by atoms with Crippen molar-refractivity contribution in [2.24, 2.45) is 5.84 Å². The number of hydrogen-bond donors (Lipinski definition) is 2. The third-order valence-corrected chi connectivity index (χ3v) is 5.40. The van der Waals surface area contributed by atoms with E-state index >= 15 is 0 Å². The minimum Gasteiger partial charge on any atom is -0.271 e. The molecule has 1 atom stereocenters. The van der Waals surface area contributed by atoms with Gasteiger partial charge in [0.2, 0.25) is 0 Å². The van der Waals surface area contributed by atoms with Gasteiger partial charge in [-0.1, -0.05) is 19.8 Å². The second kappa shape index (κ2) is 6.05. The van der Waals surface area contributed by atoms with E-state index in [1.807, 2.05) is 23.1 Å². The third-order valence-electron chi connectivity index (χ3n) is 3.04. The van der Waals surface area contributed by atoms with Gasteiger partial charge in [0.25, 0.3) is 0 Å². The lowest BCUT2D eigenvalue weighted by Crippen LogP contribution is -2.27. The zero-order chi connectivity index (χ0) is 11.4. The Morgan fingerprint density at radius 3 is 3.12 bits per heavy atom. The fourth-order valence-corrected chi connectivity index (χ4v) is 4.53. The molecule has 2 nitrogen and oxygen atoms in total. The number of nitrogens with one attached hydrogen (secondary N) is 1. The van der Waals surface area contributed by atoms with Crippen LogP contribution in [0.3, 0.4) is 0 Å². The second-order valence-electron chi connectivity index (χ2n) is 4.26. The maximum absolute atomic E-state index is 5.65. The van der Waals surface area contributed by atoms with Crippen LogP contribution in [0.5, 0.6) is 0 Å². The Labute approximate surface area is 106 Å². The topological polar surface area (TPSA) is 38.0 Å². The molecule has 0 saturated carbocycles. The van der Waals surface area contributed by atoms with Gasteiger partial charge in [0.05, 0.1) is 6.04 Å². The van der Waals surface area contributed by atoms with E-state index in [0.717, 1.165) is 6.42 Å².